The minimum Gasteiger partial charge on any atom is -0.336 e. The van der Waals surface area contributed by atoms with Crippen molar-refractivity contribution >= 4 is 5.91 Å². The minimum absolute atomic E-state index is 0.152. The first kappa shape index (κ1) is 17.9. The number of nitrogens with zero attached hydrogens (tertiary/aromatic N) is 4. The first-order valence-corrected chi connectivity index (χ1v) is 10.3. The van der Waals surface area contributed by atoms with Crippen LogP contribution >= 0.6 is 0 Å². The first-order chi connectivity index (χ1) is 13.5. The Morgan fingerprint density at radius 2 is 1.86 bits per heavy atom. The number of fused-ring (bicyclic) bond motifs is 2. The van der Waals surface area contributed by atoms with Crippen molar-refractivity contribution < 1.29 is 9.18 Å². The van der Waals surface area contributed by atoms with Gasteiger partial charge in [0, 0.05) is 24.2 Å². The van der Waals surface area contributed by atoms with E-state index < -0.39 is 0 Å². The topological polar surface area (TPSA) is 41.4 Å². The molecule has 148 valence electrons. The van der Waals surface area contributed by atoms with Crippen molar-refractivity contribution in [3.63, 3.8) is 0 Å². The largest absolute Gasteiger partial charge is 0.336 e. The second-order valence-corrected chi connectivity index (χ2v) is 8.64. The van der Waals surface area contributed by atoms with Gasteiger partial charge in [0.05, 0.1) is 11.7 Å². The Hall–Kier alpha value is -2.21. The summed E-state index contributed by atoms with van der Waals surface area (Å²) >= 11 is 0. The fourth-order valence-electron chi connectivity index (χ4n) is 5.76. The summed E-state index contributed by atoms with van der Waals surface area (Å²) in [6.45, 7) is 7.19. The quantitative estimate of drug-likeness (QED) is 0.820. The Labute approximate surface area is 165 Å². The lowest BCUT2D eigenvalue weighted by atomic mass is 9.75. The average Bonchev–Trinajstić information content (AvgIpc) is 3.25. The van der Waals surface area contributed by atoms with Gasteiger partial charge in [-0.15, -0.1) is 0 Å². The van der Waals surface area contributed by atoms with Crippen LogP contribution in [0.15, 0.2) is 30.3 Å². The van der Waals surface area contributed by atoms with E-state index in [4.69, 9.17) is 0 Å². The zero-order valence-corrected chi connectivity index (χ0v) is 16.5. The number of rotatable bonds is 3. The van der Waals surface area contributed by atoms with Crippen LogP contribution in [-0.2, 0) is 11.3 Å². The number of aromatic nitrogens is 2. The Bertz CT molecular complexity index is 884. The zero-order valence-electron chi connectivity index (χ0n) is 16.5. The molecule has 4 aliphatic heterocycles. The molecule has 1 aromatic carbocycles. The molecule has 4 fully saturated rings. The van der Waals surface area contributed by atoms with E-state index >= 15 is 0 Å². The van der Waals surface area contributed by atoms with Gasteiger partial charge in [0.25, 0.3) is 0 Å². The highest BCUT2D eigenvalue weighted by Crippen LogP contribution is 2.46. The molecule has 4 saturated heterocycles. The lowest BCUT2D eigenvalue weighted by Crippen LogP contribution is -2.61. The lowest BCUT2D eigenvalue weighted by Gasteiger charge is -2.51. The van der Waals surface area contributed by atoms with Crippen molar-refractivity contribution in [3.8, 4) is 0 Å². The summed E-state index contributed by atoms with van der Waals surface area (Å²) in [6, 6.07) is 9.51. The van der Waals surface area contributed by atoms with Gasteiger partial charge >= 0.3 is 0 Å². The van der Waals surface area contributed by atoms with E-state index in [1.807, 2.05) is 36.7 Å². The zero-order chi connectivity index (χ0) is 19.4. The monoisotopic (exact) mass is 382 g/mol. The fourth-order valence-corrected chi connectivity index (χ4v) is 5.76. The molecule has 0 radical (unpaired) electrons. The van der Waals surface area contributed by atoms with E-state index in [0.717, 1.165) is 30.0 Å². The van der Waals surface area contributed by atoms with Crippen molar-refractivity contribution in [2.45, 2.75) is 51.2 Å². The summed E-state index contributed by atoms with van der Waals surface area (Å²) in [5.41, 5.74) is 3.10. The van der Waals surface area contributed by atoms with Crippen molar-refractivity contribution in [3.05, 3.63) is 53.1 Å². The average molecular weight is 382 g/mol. The van der Waals surface area contributed by atoms with Crippen molar-refractivity contribution in [2.75, 3.05) is 19.6 Å². The summed E-state index contributed by atoms with van der Waals surface area (Å²) < 4.78 is 15.3. The molecule has 5 heterocycles. The Balaban J connectivity index is 1.45. The normalized spacial score (nSPS) is 31.2. The molecule has 0 saturated carbocycles. The Morgan fingerprint density at radius 1 is 1.14 bits per heavy atom. The smallest absolute Gasteiger partial charge is 0.244 e. The molecule has 0 spiro atoms. The molecule has 0 aliphatic carbocycles. The van der Waals surface area contributed by atoms with Crippen molar-refractivity contribution in [2.24, 2.45) is 5.92 Å². The van der Waals surface area contributed by atoms with Gasteiger partial charge in [-0.05, 0) is 69.5 Å². The van der Waals surface area contributed by atoms with E-state index in [-0.39, 0.29) is 23.7 Å². The number of halogens is 1. The number of likely N-dealkylation sites (tertiary alicyclic amines) is 1. The fraction of sp³-hybridized carbons (Fsp3) is 0.545. The van der Waals surface area contributed by atoms with Gasteiger partial charge in [-0.2, -0.15) is 5.10 Å². The van der Waals surface area contributed by atoms with Crippen LogP contribution in [0.5, 0.6) is 0 Å². The molecule has 2 aromatic rings. The predicted octanol–water partition coefficient (Wildman–Crippen LogP) is 2.73. The number of carbonyl (C=O) groups excluding carboxylic acids is 1. The number of amides is 1. The van der Waals surface area contributed by atoms with E-state index in [9.17, 15) is 9.18 Å². The van der Waals surface area contributed by atoms with E-state index in [1.54, 1.807) is 12.1 Å². The van der Waals surface area contributed by atoms with Gasteiger partial charge in [-0.25, -0.2) is 4.39 Å². The summed E-state index contributed by atoms with van der Waals surface area (Å²) in [4.78, 5) is 18.0. The first-order valence-electron chi connectivity index (χ1n) is 10.3. The number of carbonyl (C=O) groups is 1. The number of benzene rings is 1. The van der Waals surface area contributed by atoms with Crippen LogP contribution in [0.4, 0.5) is 4.39 Å². The van der Waals surface area contributed by atoms with Gasteiger partial charge < -0.3 is 4.90 Å². The van der Waals surface area contributed by atoms with Crippen LogP contribution in [0.25, 0.3) is 0 Å². The Morgan fingerprint density at radius 3 is 2.50 bits per heavy atom. The molecule has 28 heavy (non-hydrogen) atoms. The lowest BCUT2D eigenvalue weighted by molar-refractivity contribution is -0.136. The number of piperidine rings is 3. The van der Waals surface area contributed by atoms with Crippen LogP contribution in [0.3, 0.4) is 0 Å². The van der Waals surface area contributed by atoms with Gasteiger partial charge in [-0.1, -0.05) is 12.1 Å². The number of hydrogen-bond donors (Lipinski definition) is 0. The number of aryl methyl sites for hydroxylation is 2. The maximum absolute atomic E-state index is 13.5. The second kappa shape index (κ2) is 6.69. The molecule has 3 atom stereocenters. The third-order valence-electron chi connectivity index (χ3n) is 7.00. The number of hydrogen-bond acceptors (Lipinski definition) is 3. The highest BCUT2D eigenvalue weighted by molar-refractivity contribution is 5.77. The molecule has 1 amide bonds. The van der Waals surface area contributed by atoms with Crippen LogP contribution in [-0.4, -0.2) is 57.2 Å². The van der Waals surface area contributed by atoms with Gasteiger partial charge in [0.1, 0.15) is 12.4 Å². The van der Waals surface area contributed by atoms with Gasteiger partial charge in [-0.3, -0.25) is 14.4 Å². The van der Waals surface area contributed by atoms with E-state index in [2.05, 4.69) is 14.9 Å². The molecule has 0 N–H and O–H groups in total. The molecule has 0 unspecified atom stereocenters. The molecule has 6 heteroatoms. The molecule has 2 bridgehead atoms. The van der Waals surface area contributed by atoms with Gasteiger partial charge in [0.2, 0.25) is 5.91 Å². The third-order valence-corrected chi connectivity index (χ3v) is 7.00. The van der Waals surface area contributed by atoms with Crippen molar-refractivity contribution in [1.29, 1.82) is 0 Å². The highest BCUT2D eigenvalue weighted by atomic mass is 19.1. The van der Waals surface area contributed by atoms with Gasteiger partial charge in [0.15, 0.2) is 0 Å². The van der Waals surface area contributed by atoms with Crippen LogP contribution in [0.2, 0.25) is 0 Å². The summed E-state index contributed by atoms with van der Waals surface area (Å²) in [5.74, 6) is 0.767. The molecule has 1 aromatic heterocycles. The van der Waals surface area contributed by atoms with Crippen molar-refractivity contribution in [1.82, 2.24) is 19.6 Å². The molecule has 6 rings (SSSR count). The standard InChI is InChI=1S/C22H27FN4O/c1-14-11-15(2)27(24-14)13-20(28)26-12-19(16-3-5-18(23)6-4-16)22-21(26)17-7-9-25(22)10-8-17/h3-6,11,17,19,21-22H,7-10,12-13H2,1-2H3/t19-,21+,22+/m1/s1. The van der Waals surface area contributed by atoms with Crippen LogP contribution in [0, 0.1) is 25.6 Å². The maximum Gasteiger partial charge on any atom is 0.244 e. The molecular formula is C22H27FN4O. The summed E-state index contributed by atoms with van der Waals surface area (Å²) in [5, 5.41) is 4.48. The molecular weight excluding hydrogens is 355 g/mol. The highest BCUT2D eigenvalue weighted by Gasteiger charge is 2.54. The van der Waals surface area contributed by atoms with E-state index in [0.29, 0.717) is 25.0 Å². The maximum atomic E-state index is 13.5. The summed E-state index contributed by atoms with van der Waals surface area (Å²) in [6.07, 6.45) is 2.34. The predicted molar refractivity (Wildman–Crippen MR) is 104 cm³/mol. The van der Waals surface area contributed by atoms with Crippen LogP contribution < -0.4 is 0 Å². The Kier molecular flexibility index (Phi) is 4.27. The second-order valence-electron chi connectivity index (χ2n) is 8.64. The SMILES string of the molecule is Cc1cc(C)n(CC(=O)N2C[C@H](c3ccc(F)cc3)[C@H]3[C@@H]2C2CCN3CC2)n1. The summed E-state index contributed by atoms with van der Waals surface area (Å²) in [7, 11) is 0. The molecule has 4 aliphatic rings. The molecule has 5 nitrogen and oxygen atoms in total. The van der Waals surface area contributed by atoms with Crippen LogP contribution in [0.1, 0.15) is 35.7 Å². The minimum atomic E-state index is -0.207. The third kappa shape index (κ3) is 2.85. The van der Waals surface area contributed by atoms with E-state index in [1.165, 1.54) is 12.8 Å².